The number of hydrogen-bond donors (Lipinski definition) is 3. The predicted octanol–water partition coefficient (Wildman–Crippen LogP) is 5.81. The molecule has 0 radical (unpaired) electrons. The number of ether oxygens (including phenoxy) is 7. The lowest BCUT2D eigenvalue weighted by Crippen LogP contribution is -2.81. The van der Waals surface area contributed by atoms with Gasteiger partial charge < -0.3 is 48.7 Å². The first-order valence-electron chi connectivity index (χ1n) is 21.6. The van der Waals surface area contributed by atoms with Crippen molar-refractivity contribution in [3.05, 3.63) is 83.1 Å². The number of alkyl halides is 3. The zero-order chi connectivity index (χ0) is 49.6. The Balaban J connectivity index is 1.59. The van der Waals surface area contributed by atoms with Gasteiger partial charge in [0.1, 0.15) is 36.6 Å². The van der Waals surface area contributed by atoms with Crippen LogP contribution < -0.4 is 5.32 Å². The molecule has 11 atom stereocenters. The van der Waals surface area contributed by atoms with Crippen molar-refractivity contribution in [2.24, 2.45) is 28.6 Å². The Bertz CT molecular complexity index is 2300. The number of allylic oxidation sites excluding steroid dienone is 1. The highest BCUT2D eigenvalue weighted by atomic mass is 35.6. The topological polar surface area (TPSA) is 237 Å². The van der Waals surface area contributed by atoms with Crippen molar-refractivity contribution in [3.8, 4) is 0 Å². The second-order valence-electron chi connectivity index (χ2n) is 18.5. The molecular weight excluding hydrogens is 941 g/mol. The maximum Gasteiger partial charge on any atom is 0.508 e. The van der Waals surface area contributed by atoms with Crippen LogP contribution in [0, 0.1) is 28.6 Å². The third-order valence-electron chi connectivity index (χ3n) is 13.5. The van der Waals surface area contributed by atoms with E-state index in [2.05, 4.69) is 5.32 Å². The van der Waals surface area contributed by atoms with E-state index in [0.29, 0.717) is 5.56 Å². The molecule has 1 saturated heterocycles. The van der Waals surface area contributed by atoms with Crippen LogP contribution in [0.3, 0.4) is 0 Å². The van der Waals surface area contributed by atoms with Crippen LogP contribution in [0.1, 0.15) is 90.2 Å². The molecule has 0 spiro atoms. The van der Waals surface area contributed by atoms with Gasteiger partial charge in [0, 0.05) is 43.9 Å². The Morgan fingerprint density at radius 3 is 2.06 bits per heavy atom. The van der Waals surface area contributed by atoms with Crippen LogP contribution in [-0.4, -0.2) is 111 Å². The maximum absolute atomic E-state index is 16.0. The fraction of sp³-hybridized carbons (Fsp3) is 0.553. The van der Waals surface area contributed by atoms with E-state index in [4.69, 9.17) is 68.0 Å². The molecule has 20 heteroatoms. The number of benzene rings is 2. The highest BCUT2D eigenvalue weighted by molar-refractivity contribution is 6.67. The number of aliphatic hydroxyl groups excluding tert-OH is 1. The lowest BCUT2D eigenvalue weighted by atomic mass is 9.45. The van der Waals surface area contributed by atoms with Crippen LogP contribution in [0.2, 0.25) is 0 Å². The first-order chi connectivity index (χ1) is 31.2. The van der Waals surface area contributed by atoms with E-state index in [-0.39, 0.29) is 17.6 Å². The molecule has 3 fully saturated rings. The number of hydrogen-bond acceptors (Lipinski definition) is 16. The normalized spacial score (nSPS) is 30.6. The monoisotopic (exact) mass is 993 g/mol. The first kappa shape index (κ1) is 51.6. The van der Waals surface area contributed by atoms with Crippen molar-refractivity contribution in [2.75, 3.05) is 13.2 Å². The quantitative estimate of drug-likeness (QED) is 0.129. The van der Waals surface area contributed by atoms with Gasteiger partial charge in [-0.2, -0.15) is 0 Å². The van der Waals surface area contributed by atoms with E-state index in [0.717, 1.165) is 13.8 Å². The molecule has 0 aromatic heterocycles. The number of rotatable bonds is 12. The first-order valence-corrected chi connectivity index (χ1v) is 22.7. The van der Waals surface area contributed by atoms with Crippen molar-refractivity contribution < 1.29 is 76.9 Å². The molecule has 4 aliphatic rings. The summed E-state index contributed by atoms with van der Waals surface area (Å²) in [7, 11) is 0. The molecule has 2 bridgehead atoms. The lowest BCUT2D eigenvalue weighted by Gasteiger charge is -2.67. The Morgan fingerprint density at radius 2 is 1.52 bits per heavy atom. The smallest absolute Gasteiger partial charge is 0.460 e. The summed E-state index contributed by atoms with van der Waals surface area (Å²) in [6.45, 7) is 10.1. The minimum absolute atomic E-state index is 0.00267. The molecule has 2 aromatic rings. The molecule has 1 amide bonds. The number of halogens is 3. The van der Waals surface area contributed by atoms with Crippen molar-refractivity contribution in [1.29, 1.82) is 0 Å². The molecule has 9 unspecified atom stereocenters. The van der Waals surface area contributed by atoms with Crippen LogP contribution in [0.4, 0.5) is 4.79 Å². The maximum atomic E-state index is 16.0. The molecule has 2 aromatic carbocycles. The van der Waals surface area contributed by atoms with Crippen LogP contribution in [0.15, 0.2) is 72.0 Å². The SMILES string of the molecule is CC(=O)OC1=C2C(C)C(OC(=O)C(O)C(NC(=O)C(C)C)c3ccccc3)CC(O)(C(OC(=O)c3ccccc3)C3[C@]4(OC(C)=O)COC4CC(OC(=O)OCC(Cl)(Cl)Cl)[C@@]3(C)C1=O)C2(C)C. The van der Waals surface area contributed by atoms with E-state index < -0.39 is 147 Å². The number of aliphatic hydroxyl groups is 2. The van der Waals surface area contributed by atoms with E-state index in [9.17, 15) is 39.0 Å². The second kappa shape index (κ2) is 19.3. The Labute approximate surface area is 402 Å². The summed E-state index contributed by atoms with van der Waals surface area (Å²) >= 11 is 17.6. The number of carbonyl (C=O) groups excluding carboxylic acids is 7. The van der Waals surface area contributed by atoms with Crippen molar-refractivity contribution in [3.63, 3.8) is 0 Å². The average Bonchev–Trinajstić information content (AvgIpc) is 3.25. The van der Waals surface area contributed by atoms with Gasteiger partial charge >= 0.3 is 30.0 Å². The van der Waals surface area contributed by atoms with Gasteiger partial charge in [-0.15, -0.1) is 0 Å². The molecule has 1 heterocycles. The molecule has 2 saturated carbocycles. The van der Waals surface area contributed by atoms with Crippen LogP contribution >= 0.6 is 34.8 Å². The summed E-state index contributed by atoms with van der Waals surface area (Å²) < 4.78 is 39.4. The van der Waals surface area contributed by atoms with Crippen LogP contribution in [-0.2, 0) is 57.1 Å². The largest absolute Gasteiger partial charge is 0.508 e. The summed E-state index contributed by atoms with van der Waals surface area (Å²) in [5, 5.41) is 28.3. The fourth-order valence-electron chi connectivity index (χ4n) is 10.1. The van der Waals surface area contributed by atoms with E-state index in [1.807, 2.05) is 0 Å². The Morgan fingerprint density at radius 1 is 0.910 bits per heavy atom. The minimum atomic E-state index is -2.51. The summed E-state index contributed by atoms with van der Waals surface area (Å²) in [6.07, 6.45) is -10.7. The van der Waals surface area contributed by atoms with Gasteiger partial charge in [0.25, 0.3) is 0 Å². The number of Topliss-reactive ketones (excluding diaryl/α,β-unsaturated/α-hetero) is 1. The van der Waals surface area contributed by atoms with Crippen LogP contribution in [0.25, 0.3) is 0 Å². The molecule has 17 nitrogen and oxygen atoms in total. The molecular formula is C47H54Cl3NO16. The molecule has 364 valence electrons. The van der Waals surface area contributed by atoms with Gasteiger partial charge in [0.2, 0.25) is 15.5 Å². The summed E-state index contributed by atoms with van der Waals surface area (Å²) in [4.78, 5) is 97.7. The fourth-order valence-corrected chi connectivity index (χ4v) is 10.3. The lowest BCUT2D eigenvalue weighted by molar-refractivity contribution is -0.345. The van der Waals surface area contributed by atoms with Gasteiger partial charge in [-0.05, 0) is 30.2 Å². The number of carbonyl (C=O) groups is 7. The van der Waals surface area contributed by atoms with E-state index in [1.165, 1.54) is 32.9 Å². The van der Waals surface area contributed by atoms with Crippen LogP contribution in [0.5, 0.6) is 0 Å². The van der Waals surface area contributed by atoms with Gasteiger partial charge in [-0.3, -0.25) is 19.2 Å². The minimum Gasteiger partial charge on any atom is -0.460 e. The highest BCUT2D eigenvalue weighted by Gasteiger charge is 2.79. The Kier molecular flexibility index (Phi) is 14.9. The van der Waals surface area contributed by atoms with Crippen molar-refractivity contribution in [1.82, 2.24) is 5.32 Å². The Hall–Kier alpha value is -4.78. The van der Waals surface area contributed by atoms with Crippen molar-refractivity contribution >= 4 is 76.5 Å². The standard InChI is InChI=1S/C47H54Cl3NO16/c1-23(2)39(56)51-33(27-15-11-9-12-16-27)34(54)41(58)64-29-20-46(60)38(66-40(57)28-17-13-10-14-18-28)36-44(8,37(55)35(63-25(4)52)32(24(29)3)43(46,6)7)30(65-42(59)62-22-47(48,49)50)19-31-45(36,21-61-31)67-26(5)53/h9-18,23-24,29-31,33-34,36,38,54,60H,19-22H2,1-8H3,(H,51,56)/t24?,29?,30?,31?,33?,34?,36?,38?,44-,45+,46?/m1/s1. The van der Waals surface area contributed by atoms with Gasteiger partial charge in [0.15, 0.2) is 17.5 Å². The van der Waals surface area contributed by atoms with Gasteiger partial charge in [0.05, 0.1) is 29.5 Å². The number of fused-ring (bicyclic) bond motifs is 5. The second-order valence-corrected chi connectivity index (χ2v) is 21.0. The summed E-state index contributed by atoms with van der Waals surface area (Å²) in [6, 6.07) is 14.5. The number of amides is 1. The number of nitrogens with one attached hydrogen (secondary N) is 1. The molecule has 1 aliphatic heterocycles. The number of esters is 4. The average molecular weight is 995 g/mol. The molecule has 6 rings (SSSR count). The zero-order valence-corrected chi connectivity index (χ0v) is 40.3. The summed E-state index contributed by atoms with van der Waals surface area (Å²) in [5.74, 6) is -9.69. The third-order valence-corrected chi connectivity index (χ3v) is 13.9. The van der Waals surface area contributed by atoms with Crippen molar-refractivity contribution in [2.45, 2.75) is 120 Å². The van der Waals surface area contributed by atoms with Gasteiger partial charge in [-0.25, -0.2) is 14.4 Å². The van der Waals surface area contributed by atoms with Gasteiger partial charge in [-0.1, -0.05) is 118 Å². The third kappa shape index (κ3) is 9.77. The molecule has 3 N–H and O–H groups in total. The summed E-state index contributed by atoms with van der Waals surface area (Å²) in [5.41, 5.74) is -8.21. The molecule has 3 aliphatic carbocycles. The predicted molar refractivity (Wildman–Crippen MR) is 237 cm³/mol. The number of ketones is 1. The highest BCUT2D eigenvalue weighted by Crippen LogP contribution is 2.65. The molecule has 67 heavy (non-hydrogen) atoms. The zero-order valence-electron chi connectivity index (χ0n) is 38.0. The van der Waals surface area contributed by atoms with E-state index >= 15 is 4.79 Å². The van der Waals surface area contributed by atoms with E-state index in [1.54, 1.807) is 69.3 Å².